The minimum Gasteiger partial charge on any atom is -0.493 e. The lowest BCUT2D eigenvalue weighted by Crippen LogP contribution is -2.35. The minimum atomic E-state index is -0.446. The topological polar surface area (TPSA) is 115 Å². The second kappa shape index (κ2) is 9.23. The Labute approximate surface area is 157 Å². The molecule has 4 N–H and O–H groups in total. The van der Waals surface area contributed by atoms with Gasteiger partial charge in [0.1, 0.15) is 0 Å². The van der Waals surface area contributed by atoms with Crippen LogP contribution in [0.1, 0.15) is 22.8 Å². The lowest BCUT2D eigenvalue weighted by molar-refractivity contribution is -0.120. The van der Waals surface area contributed by atoms with Crippen molar-refractivity contribution in [1.29, 1.82) is 0 Å². The lowest BCUT2D eigenvalue weighted by Gasteiger charge is -2.10. The Morgan fingerprint density at radius 3 is 2.26 bits per heavy atom. The molecule has 2 aromatic rings. The highest BCUT2D eigenvalue weighted by Crippen LogP contribution is 2.27. The van der Waals surface area contributed by atoms with Crippen molar-refractivity contribution in [3.8, 4) is 11.5 Å². The van der Waals surface area contributed by atoms with Crippen LogP contribution >= 0.6 is 0 Å². The number of amides is 2. The molecule has 0 aliphatic carbocycles. The van der Waals surface area contributed by atoms with E-state index in [1.165, 1.54) is 20.3 Å². The van der Waals surface area contributed by atoms with Gasteiger partial charge in [-0.1, -0.05) is 12.1 Å². The zero-order valence-electron chi connectivity index (χ0n) is 15.4. The summed E-state index contributed by atoms with van der Waals surface area (Å²) in [7, 11) is 2.99. The molecule has 0 aliphatic heterocycles. The van der Waals surface area contributed by atoms with E-state index in [1.807, 2.05) is 0 Å². The van der Waals surface area contributed by atoms with Crippen LogP contribution in [-0.4, -0.2) is 38.3 Å². The van der Waals surface area contributed by atoms with Gasteiger partial charge in [0.15, 0.2) is 11.5 Å². The van der Waals surface area contributed by atoms with E-state index in [1.54, 1.807) is 43.3 Å². The first-order chi connectivity index (χ1) is 12.9. The van der Waals surface area contributed by atoms with E-state index in [4.69, 9.17) is 15.2 Å². The summed E-state index contributed by atoms with van der Waals surface area (Å²) in [6.45, 7) is 1.54. The Morgan fingerprint density at radius 2 is 1.63 bits per heavy atom. The molecule has 2 amide bonds. The fourth-order valence-electron chi connectivity index (χ4n) is 2.21. The molecule has 27 heavy (non-hydrogen) atoms. The standard InChI is InChI=1S/C19H22N4O4/c1-12(13-4-7-15(20)8-5-13)22-23-18(24)11-21-19(25)14-6-9-16(26-2)17(10-14)27-3/h4-10H,11,20H2,1-3H3,(H,21,25)(H,23,24)/b22-12+. The number of nitrogens with one attached hydrogen (secondary N) is 2. The van der Waals surface area contributed by atoms with Crippen LogP contribution in [-0.2, 0) is 4.79 Å². The normalized spacial score (nSPS) is 10.9. The zero-order chi connectivity index (χ0) is 19.8. The molecule has 0 radical (unpaired) electrons. The van der Waals surface area contributed by atoms with E-state index >= 15 is 0 Å². The summed E-state index contributed by atoms with van der Waals surface area (Å²) in [5, 5.41) is 6.54. The van der Waals surface area contributed by atoms with Crippen molar-refractivity contribution in [2.24, 2.45) is 5.10 Å². The molecule has 0 heterocycles. The van der Waals surface area contributed by atoms with Crippen molar-refractivity contribution in [2.75, 3.05) is 26.5 Å². The highest BCUT2D eigenvalue weighted by molar-refractivity contribution is 6.00. The number of hydrazone groups is 1. The van der Waals surface area contributed by atoms with E-state index in [2.05, 4.69) is 15.8 Å². The summed E-state index contributed by atoms with van der Waals surface area (Å²) in [5.74, 6) is 0.0848. The number of nitrogens with zero attached hydrogens (tertiary/aromatic N) is 1. The van der Waals surface area contributed by atoms with Crippen molar-refractivity contribution in [3.05, 3.63) is 53.6 Å². The lowest BCUT2D eigenvalue weighted by atomic mass is 10.1. The van der Waals surface area contributed by atoms with Gasteiger partial charge < -0.3 is 20.5 Å². The average Bonchev–Trinajstić information content (AvgIpc) is 2.70. The van der Waals surface area contributed by atoms with Gasteiger partial charge in [-0.05, 0) is 42.8 Å². The Hall–Kier alpha value is -3.55. The monoisotopic (exact) mass is 370 g/mol. The molecule has 0 bridgehead atoms. The Morgan fingerprint density at radius 1 is 1.00 bits per heavy atom. The number of nitrogens with two attached hydrogens (primary N) is 1. The Kier molecular flexibility index (Phi) is 6.76. The molecular weight excluding hydrogens is 348 g/mol. The molecule has 8 heteroatoms. The number of hydrogen-bond donors (Lipinski definition) is 3. The van der Waals surface area contributed by atoms with Gasteiger partial charge in [-0.2, -0.15) is 5.10 Å². The SMILES string of the molecule is COc1ccc(C(=O)NCC(=O)N/N=C(\C)c2ccc(N)cc2)cc1OC. The van der Waals surface area contributed by atoms with E-state index in [-0.39, 0.29) is 6.54 Å². The minimum absolute atomic E-state index is 0.217. The van der Waals surface area contributed by atoms with Crippen LogP contribution in [0.2, 0.25) is 0 Å². The third-order valence-corrected chi connectivity index (χ3v) is 3.73. The Balaban J connectivity index is 1.90. The molecule has 2 rings (SSSR count). The summed E-state index contributed by atoms with van der Waals surface area (Å²) in [6.07, 6.45) is 0. The van der Waals surface area contributed by atoms with Gasteiger partial charge in [-0.25, -0.2) is 5.43 Å². The van der Waals surface area contributed by atoms with E-state index < -0.39 is 11.8 Å². The summed E-state index contributed by atoms with van der Waals surface area (Å²) in [4.78, 5) is 24.1. The van der Waals surface area contributed by atoms with Crippen LogP contribution in [0, 0.1) is 0 Å². The number of rotatable bonds is 7. The maximum atomic E-state index is 12.2. The first-order valence-corrected chi connectivity index (χ1v) is 8.14. The quantitative estimate of drug-likeness (QED) is 0.389. The van der Waals surface area contributed by atoms with Gasteiger partial charge in [0.25, 0.3) is 11.8 Å². The molecule has 142 valence electrons. The predicted octanol–water partition coefficient (Wildman–Crippen LogP) is 1.56. The third kappa shape index (κ3) is 5.46. The molecular formula is C19H22N4O4. The van der Waals surface area contributed by atoms with Gasteiger partial charge in [-0.15, -0.1) is 0 Å². The van der Waals surface area contributed by atoms with Crippen molar-refractivity contribution >= 4 is 23.2 Å². The molecule has 8 nitrogen and oxygen atoms in total. The van der Waals surface area contributed by atoms with Crippen LogP contribution in [0.25, 0.3) is 0 Å². The highest BCUT2D eigenvalue weighted by atomic mass is 16.5. The van der Waals surface area contributed by atoms with Gasteiger partial charge in [0.05, 0.1) is 26.5 Å². The van der Waals surface area contributed by atoms with Crippen molar-refractivity contribution in [3.63, 3.8) is 0 Å². The molecule has 0 aliphatic rings. The molecule has 0 unspecified atom stereocenters. The predicted molar refractivity (Wildman–Crippen MR) is 103 cm³/mol. The maximum absolute atomic E-state index is 12.2. The van der Waals surface area contributed by atoms with Crippen LogP contribution in [0.5, 0.6) is 11.5 Å². The zero-order valence-corrected chi connectivity index (χ0v) is 15.4. The van der Waals surface area contributed by atoms with Crippen molar-refractivity contribution in [1.82, 2.24) is 10.7 Å². The Bertz CT molecular complexity index is 847. The number of carbonyl (C=O) groups is 2. The summed E-state index contributed by atoms with van der Waals surface area (Å²) in [6, 6.07) is 11.8. The fourth-order valence-corrected chi connectivity index (χ4v) is 2.21. The first kappa shape index (κ1) is 19.8. The van der Waals surface area contributed by atoms with Gasteiger partial charge in [0.2, 0.25) is 0 Å². The summed E-state index contributed by atoms with van der Waals surface area (Å²) >= 11 is 0. The smallest absolute Gasteiger partial charge is 0.259 e. The number of carbonyl (C=O) groups excluding carboxylic acids is 2. The van der Waals surface area contributed by atoms with Gasteiger partial charge >= 0.3 is 0 Å². The molecule has 0 fully saturated rings. The average molecular weight is 370 g/mol. The van der Waals surface area contributed by atoms with Crippen molar-refractivity contribution < 1.29 is 19.1 Å². The molecule has 2 aromatic carbocycles. The van der Waals surface area contributed by atoms with Crippen LogP contribution in [0.3, 0.4) is 0 Å². The maximum Gasteiger partial charge on any atom is 0.259 e. The second-order valence-electron chi connectivity index (χ2n) is 5.61. The van der Waals surface area contributed by atoms with E-state index in [9.17, 15) is 9.59 Å². The summed E-state index contributed by atoms with van der Waals surface area (Å²) < 4.78 is 10.3. The van der Waals surface area contributed by atoms with Crippen LogP contribution in [0.4, 0.5) is 5.69 Å². The number of hydrogen-bond acceptors (Lipinski definition) is 6. The summed E-state index contributed by atoms with van der Waals surface area (Å²) in [5.41, 5.74) is 10.5. The van der Waals surface area contributed by atoms with E-state index in [0.717, 1.165) is 5.56 Å². The molecule has 0 aromatic heterocycles. The third-order valence-electron chi connectivity index (χ3n) is 3.73. The highest BCUT2D eigenvalue weighted by Gasteiger charge is 2.12. The number of methoxy groups -OCH3 is 2. The first-order valence-electron chi connectivity index (χ1n) is 8.14. The number of benzene rings is 2. The van der Waals surface area contributed by atoms with Crippen LogP contribution < -0.4 is 25.9 Å². The second-order valence-corrected chi connectivity index (χ2v) is 5.61. The number of nitrogen functional groups attached to an aromatic ring is 1. The fraction of sp³-hybridized carbons (Fsp3) is 0.211. The van der Waals surface area contributed by atoms with Gasteiger partial charge in [0, 0.05) is 11.3 Å². The number of anilines is 1. The van der Waals surface area contributed by atoms with Gasteiger partial charge in [-0.3, -0.25) is 9.59 Å². The van der Waals surface area contributed by atoms with Crippen molar-refractivity contribution in [2.45, 2.75) is 6.92 Å². The van der Waals surface area contributed by atoms with Crippen LogP contribution in [0.15, 0.2) is 47.6 Å². The molecule has 0 saturated heterocycles. The molecule has 0 spiro atoms. The van der Waals surface area contributed by atoms with E-state index in [0.29, 0.717) is 28.5 Å². The molecule has 0 atom stereocenters. The largest absolute Gasteiger partial charge is 0.493 e. The number of ether oxygens (including phenoxy) is 2. The molecule has 0 saturated carbocycles.